The van der Waals surface area contributed by atoms with Gasteiger partial charge in [-0.2, -0.15) is 0 Å². The number of aldehydes is 1. The topological polar surface area (TPSA) is 29.5 Å². The third-order valence-electron chi connectivity index (χ3n) is 5.75. The fourth-order valence-corrected chi connectivity index (χ4v) is 4.31. The van der Waals surface area contributed by atoms with Gasteiger partial charge in [-0.05, 0) is 50.6 Å². The molecule has 0 aromatic heterocycles. The van der Waals surface area contributed by atoms with Gasteiger partial charge in [0.2, 0.25) is 0 Å². The number of piperidine rings is 1. The number of nitrogens with zero attached hydrogens (tertiary/aromatic N) is 1. The highest BCUT2D eigenvalue weighted by molar-refractivity contribution is 5.60. The van der Waals surface area contributed by atoms with Gasteiger partial charge in [0.05, 0.1) is 12.0 Å². The van der Waals surface area contributed by atoms with Crippen LogP contribution in [0.4, 0.5) is 0 Å². The highest BCUT2D eigenvalue weighted by Gasteiger charge is 2.40. The van der Waals surface area contributed by atoms with Gasteiger partial charge in [0, 0.05) is 13.2 Å². The van der Waals surface area contributed by atoms with Crippen molar-refractivity contribution in [2.24, 2.45) is 10.8 Å². The molecule has 0 N–H and O–H groups in total. The molecule has 3 heteroatoms. The molecule has 1 atom stereocenters. The summed E-state index contributed by atoms with van der Waals surface area (Å²) in [5, 5.41) is 0. The molecule has 1 saturated carbocycles. The van der Waals surface area contributed by atoms with Gasteiger partial charge in [-0.3, -0.25) is 0 Å². The Morgan fingerprint density at radius 1 is 1.00 bits per heavy atom. The molecule has 3 rings (SSSR count). The van der Waals surface area contributed by atoms with Crippen LogP contribution < -0.4 is 0 Å². The lowest BCUT2D eigenvalue weighted by Gasteiger charge is -2.45. The largest absolute Gasteiger partial charge is 0.380 e. The second-order valence-corrected chi connectivity index (χ2v) is 7.12. The van der Waals surface area contributed by atoms with Crippen LogP contribution in [0.5, 0.6) is 0 Å². The van der Waals surface area contributed by atoms with Crippen molar-refractivity contribution >= 4 is 6.29 Å². The van der Waals surface area contributed by atoms with Crippen LogP contribution in [-0.2, 0) is 9.53 Å². The Bertz CT molecular complexity index is 307. The number of likely N-dealkylation sites (tertiary alicyclic amines) is 1. The zero-order valence-electron chi connectivity index (χ0n) is 12.0. The van der Waals surface area contributed by atoms with E-state index >= 15 is 0 Å². The maximum atomic E-state index is 11.4. The van der Waals surface area contributed by atoms with Crippen LogP contribution in [0, 0.1) is 10.8 Å². The van der Waals surface area contributed by atoms with Crippen LogP contribution in [-0.4, -0.2) is 44.0 Å². The molecule has 108 valence electrons. The van der Waals surface area contributed by atoms with E-state index < -0.39 is 0 Å². The molecule has 1 aliphatic carbocycles. The van der Waals surface area contributed by atoms with Gasteiger partial charge in [-0.1, -0.05) is 19.3 Å². The van der Waals surface area contributed by atoms with E-state index in [1.807, 2.05) is 0 Å². The molecule has 3 aliphatic rings. The Morgan fingerprint density at radius 3 is 2.32 bits per heavy atom. The molecule has 3 fully saturated rings. The van der Waals surface area contributed by atoms with E-state index in [2.05, 4.69) is 4.90 Å². The van der Waals surface area contributed by atoms with Crippen LogP contribution in [0.25, 0.3) is 0 Å². The molecule has 0 radical (unpaired) electrons. The minimum atomic E-state index is -0.197. The third-order valence-corrected chi connectivity index (χ3v) is 5.75. The number of hydrogen-bond acceptors (Lipinski definition) is 3. The van der Waals surface area contributed by atoms with Crippen molar-refractivity contribution in [2.45, 2.75) is 51.4 Å². The molecule has 0 aromatic carbocycles. The number of hydrogen-bond donors (Lipinski definition) is 0. The normalized spacial score (nSPS) is 35.6. The van der Waals surface area contributed by atoms with Crippen LogP contribution in [0.3, 0.4) is 0 Å². The van der Waals surface area contributed by atoms with Gasteiger partial charge in [-0.15, -0.1) is 0 Å². The van der Waals surface area contributed by atoms with Crippen molar-refractivity contribution in [1.82, 2.24) is 4.90 Å². The maximum absolute atomic E-state index is 11.4. The summed E-state index contributed by atoms with van der Waals surface area (Å²) in [6, 6.07) is 0. The monoisotopic (exact) mass is 265 g/mol. The van der Waals surface area contributed by atoms with Crippen LogP contribution in [0.2, 0.25) is 0 Å². The van der Waals surface area contributed by atoms with Gasteiger partial charge in [0.15, 0.2) is 0 Å². The predicted molar refractivity (Wildman–Crippen MR) is 75.1 cm³/mol. The summed E-state index contributed by atoms with van der Waals surface area (Å²) in [6.45, 7) is 4.70. The molecule has 3 nitrogen and oxygen atoms in total. The molecule has 0 aromatic rings. The summed E-state index contributed by atoms with van der Waals surface area (Å²) in [7, 11) is 0. The smallest absolute Gasteiger partial charge is 0.129 e. The minimum Gasteiger partial charge on any atom is -0.380 e. The van der Waals surface area contributed by atoms with E-state index in [-0.39, 0.29) is 5.41 Å². The summed E-state index contributed by atoms with van der Waals surface area (Å²) in [4.78, 5) is 13.9. The molecule has 1 spiro atoms. The number of rotatable bonds is 3. The molecule has 0 bridgehead atoms. The van der Waals surface area contributed by atoms with Crippen molar-refractivity contribution in [3.63, 3.8) is 0 Å². The standard InChI is InChI=1S/C16H27NO2/c18-13-16(8-11-19-14-16)12-17-9-6-15(7-10-17)4-2-1-3-5-15/h13H,1-12,14H2. The fraction of sp³-hybridized carbons (Fsp3) is 0.938. The highest BCUT2D eigenvalue weighted by atomic mass is 16.5. The van der Waals surface area contributed by atoms with Crippen LogP contribution in [0.15, 0.2) is 0 Å². The Morgan fingerprint density at radius 2 is 1.74 bits per heavy atom. The molecular formula is C16H27NO2. The summed E-state index contributed by atoms with van der Waals surface area (Å²) in [5.74, 6) is 0. The number of carbonyl (C=O) groups is 1. The highest BCUT2D eigenvalue weighted by Crippen LogP contribution is 2.45. The quantitative estimate of drug-likeness (QED) is 0.735. The Balaban J connectivity index is 1.53. The van der Waals surface area contributed by atoms with E-state index in [1.54, 1.807) is 0 Å². The minimum absolute atomic E-state index is 0.197. The molecule has 1 unspecified atom stereocenters. The van der Waals surface area contributed by atoms with Gasteiger partial charge in [0.1, 0.15) is 6.29 Å². The molecule has 2 aliphatic heterocycles. The SMILES string of the molecule is O=CC1(CN2CCC3(CCCCC3)CC2)CCOC1. The first-order chi connectivity index (χ1) is 9.26. The zero-order chi connectivity index (χ0) is 13.2. The van der Waals surface area contributed by atoms with Crippen molar-refractivity contribution < 1.29 is 9.53 Å². The van der Waals surface area contributed by atoms with E-state index in [4.69, 9.17) is 4.74 Å². The molecular weight excluding hydrogens is 238 g/mol. The Labute approximate surface area is 116 Å². The Kier molecular flexibility index (Phi) is 3.95. The van der Waals surface area contributed by atoms with Gasteiger partial charge >= 0.3 is 0 Å². The molecule has 19 heavy (non-hydrogen) atoms. The second-order valence-electron chi connectivity index (χ2n) is 7.12. The maximum Gasteiger partial charge on any atom is 0.129 e. The summed E-state index contributed by atoms with van der Waals surface area (Å²) >= 11 is 0. The van der Waals surface area contributed by atoms with Gasteiger partial charge in [-0.25, -0.2) is 0 Å². The van der Waals surface area contributed by atoms with Gasteiger partial charge in [0.25, 0.3) is 0 Å². The Hall–Kier alpha value is -0.410. The van der Waals surface area contributed by atoms with E-state index in [1.165, 1.54) is 58.0 Å². The first-order valence-corrected chi connectivity index (χ1v) is 8.03. The van der Waals surface area contributed by atoms with Crippen molar-refractivity contribution in [2.75, 3.05) is 32.8 Å². The van der Waals surface area contributed by atoms with Gasteiger partial charge < -0.3 is 14.4 Å². The van der Waals surface area contributed by atoms with Crippen molar-refractivity contribution in [3.8, 4) is 0 Å². The predicted octanol–water partition coefficient (Wildman–Crippen LogP) is 2.64. The van der Waals surface area contributed by atoms with E-state index in [0.717, 1.165) is 25.9 Å². The third kappa shape index (κ3) is 2.87. The molecule has 2 saturated heterocycles. The summed E-state index contributed by atoms with van der Waals surface area (Å²) in [5.41, 5.74) is 0.465. The number of ether oxygens (including phenoxy) is 1. The zero-order valence-corrected chi connectivity index (χ0v) is 12.0. The lowest BCUT2D eigenvalue weighted by molar-refractivity contribution is -0.117. The first kappa shape index (κ1) is 13.6. The van der Waals surface area contributed by atoms with Crippen molar-refractivity contribution in [3.05, 3.63) is 0 Å². The van der Waals surface area contributed by atoms with Crippen LogP contribution >= 0.6 is 0 Å². The second kappa shape index (κ2) is 5.53. The first-order valence-electron chi connectivity index (χ1n) is 8.03. The molecule has 2 heterocycles. The van der Waals surface area contributed by atoms with Crippen molar-refractivity contribution in [1.29, 1.82) is 0 Å². The lowest BCUT2D eigenvalue weighted by atomic mass is 9.68. The van der Waals surface area contributed by atoms with E-state index in [0.29, 0.717) is 12.0 Å². The summed E-state index contributed by atoms with van der Waals surface area (Å²) < 4.78 is 5.44. The van der Waals surface area contributed by atoms with Crippen LogP contribution in [0.1, 0.15) is 51.4 Å². The fourth-order valence-electron chi connectivity index (χ4n) is 4.31. The summed E-state index contributed by atoms with van der Waals surface area (Å²) in [6.07, 6.45) is 12.0. The molecule has 0 amide bonds. The average molecular weight is 265 g/mol. The van der Waals surface area contributed by atoms with E-state index in [9.17, 15) is 4.79 Å². The average Bonchev–Trinajstić information content (AvgIpc) is 2.92. The number of carbonyl (C=O) groups excluding carboxylic acids is 1. The lowest BCUT2D eigenvalue weighted by Crippen LogP contribution is -2.46.